The number of hydrogen-bond acceptors (Lipinski definition) is 6. The third-order valence-electron chi connectivity index (χ3n) is 3.64. The van der Waals surface area contributed by atoms with Crippen molar-refractivity contribution >= 4 is 56.0 Å². The Kier molecular flexibility index (Phi) is 5.26. The highest BCUT2D eigenvalue weighted by atomic mass is 32.2. The Hall–Kier alpha value is -2.04. The van der Waals surface area contributed by atoms with Gasteiger partial charge in [-0.25, -0.2) is 12.8 Å². The van der Waals surface area contributed by atoms with Crippen LogP contribution in [0.1, 0.15) is 5.56 Å². The van der Waals surface area contributed by atoms with E-state index in [-0.39, 0.29) is 27.1 Å². The minimum Gasteiger partial charge on any atom is -0.347 e. The zero-order chi connectivity index (χ0) is 18.9. The summed E-state index contributed by atoms with van der Waals surface area (Å²) in [5.41, 5.74) is 0.249. The fraction of sp³-hybridized carbons (Fsp3) is 0.188. The van der Waals surface area contributed by atoms with Crippen molar-refractivity contribution in [3.63, 3.8) is 0 Å². The van der Waals surface area contributed by atoms with Gasteiger partial charge in [0.25, 0.3) is 5.91 Å². The average Bonchev–Trinajstić information content (AvgIpc) is 3.03. The molecule has 2 aliphatic heterocycles. The minimum atomic E-state index is -3.29. The van der Waals surface area contributed by atoms with Gasteiger partial charge in [-0.1, -0.05) is 42.2 Å². The molecule has 1 saturated heterocycles. The van der Waals surface area contributed by atoms with Gasteiger partial charge in [0.15, 0.2) is 9.84 Å². The van der Waals surface area contributed by atoms with Crippen LogP contribution in [0.3, 0.4) is 0 Å². The van der Waals surface area contributed by atoms with Gasteiger partial charge in [0, 0.05) is 11.0 Å². The number of carbonyl (C=O) groups is 2. The number of carbonyl (C=O) groups excluding carboxylic acids is 2. The van der Waals surface area contributed by atoms with Crippen LogP contribution in [0.2, 0.25) is 0 Å². The lowest BCUT2D eigenvalue weighted by atomic mass is 10.2. The number of sulfone groups is 1. The van der Waals surface area contributed by atoms with E-state index in [1.165, 1.54) is 24.3 Å². The maximum atomic E-state index is 13.7. The molecular weight excluding hydrogens is 399 g/mol. The first-order valence-corrected chi connectivity index (χ1v) is 10.4. The molecule has 136 valence electrons. The third-order valence-corrected chi connectivity index (χ3v) is 6.42. The first-order valence-electron chi connectivity index (χ1n) is 7.45. The lowest BCUT2D eigenvalue weighted by Gasteiger charge is -2.16. The van der Waals surface area contributed by atoms with Crippen molar-refractivity contribution in [2.24, 2.45) is 0 Å². The number of nitrogens with zero attached hydrogens (tertiary/aromatic N) is 1. The predicted molar refractivity (Wildman–Crippen MR) is 101 cm³/mol. The summed E-state index contributed by atoms with van der Waals surface area (Å²) >= 11 is 6.11. The van der Waals surface area contributed by atoms with Crippen molar-refractivity contribution in [3.05, 3.63) is 52.0 Å². The van der Waals surface area contributed by atoms with E-state index in [0.29, 0.717) is 0 Å². The molecule has 26 heavy (non-hydrogen) atoms. The van der Waals surface area contributed by atoms with Crippen LogP contribution in [0.5, 0.6) is 0 Å². The number of nitrogens with one attached hydrogen (secondary N) is 1. The van der Waals surface area contributed by atoms with Gasteiger partial charge < -0.3 is 5.32 Å². The van der Waals surface area contributed by atoms with E-state index < -0.39 is 33.5 Å². The number of rotatable bonds is 4. The van der Waals surface area contributed by atoms with Crippen LogP contribution in [0.15, 0.2) is 40.7 Å². The highest BCUT2D eigenvalue weighted by Crippen LogP contribution is 2.32. The molecule has 6 nitrogen and oxygen atoms in total. The van der Waals surface area contributed by atoms with E-state index in [1.54, 1.807) is 12.1 Å². The van der Waals surface area contributed by atoms with Gasteiger partial charge in [-0.15, -0.1) is 0 Å². The van der Waals surface area contributed by atoms with Gasteiger partial charge in [-0.2, -0.15) is 0 Å². The van der Waals surface area contributed by atoms with E-state index in [0.717, 1.165) is 22.1 Å². The van der Waals surface area contributed by atoms with Crippen LogP contribution < -0.4 is 5.32 Å². The molecule has 2 amide bonds. The molecule has 1 fully saturated rings. The molecule has 1 atom stereocenters. The fourth-order valence-corrected chi connectivity index (χ4v) is 4.91. The van der Waals surface area contributed by atoms with E-state index in [4.69, 9.17) is 12.2 Å². The quantitative estimate of drug-likeness (QED) is 0.595. The van der Waals surface area contributed by atoms with Gasteiger partial charge in [0.1, 0.15) is 16.7 Å². The summed E-state index contributed by atoms with van der Waals surface area (Å²) in [6, 6.07) is 5.37. The molecule has 1 aromatic carbocycles. The molecular formula is C16H13FN2O4S3. The largest absolute Gasteiger partial charge is 0.347 e. The van der Waals surface area contributed by atoms with Crippen LogP contribution >= 0.6 is 24.0 Å². The van der Waals surface area contributed by atoms with Crippen LogP contribution in [0, 0.1) is 5.82 Å². The minimum absolute atomic E-state index is 0.183. The lowest BCUT2D eigenvalue weighted by molar-refractivity contribution is -0.128. The number of benzene rings is 1. The number of hydrogen-bond donors (Lipinski definition) is 1. The molecule has 1 unspecified atom stereocenters. The van der Waals surface area contributed by atoms with Crippen molar-refractivity contribution in [1.29, 1.82) is 0 Å². The first-order chi connectivity index (χ1) is 12.2. The van der Waals surface area contributed by atoms with Crippen LogP contribution in [0.4, 0.5) is 4.39 Å². The van der Waals surface area contributed by atoms with Gasteiger partial charge in [-0.3, -0.25) is 14.5 Å². The molecule has 0 spiro atoms. The maximum Gasteiger partial charge on any atom is 0.266 e. The van der Waals surface area contributed by atoms with E-state index >= 15 is 0 Å². The molecule has 10 heteroatoms. The molecule has 0 aliphatic carbocycles. The zero-order valence-electron chi connectivity index (χ0n) is 13.2. The molecule has 2 aliphatic rings. The molecule has 0 saturated carbocycles. The second-order valence-electron chi connectivity index (χ2n) is 5.62. The van der Waals surface area contributed by atoms with E-state index in [1.807, 2.05) is 0 Å². The monoisotopic (exact) mass is 412 g/mol. The normalized spacial score (nSPS) is 23.0. The molecule has 3 rings (SSSR count). The molecule has 0 bridgehead atoms. The van der Waals surface area contributed by atoms with E-state index in [2.05, 4.69) is 5.32 Å². The smallest absolute Gasteiger partial charge is 0.266 e. The summed E-state index contributed by atoms with van der Waals surface area (Å²) in [7, 11) is -3.29. The molecule has 1 N–H and O–H groups in total. The summed E-state index contributed by atoms with van der Waals surface area (Å²) in [5, 5.41) is 3.58. The maximum absolute atomic E-state index is 13.7. The second-order valence-corrected chi connectivity index (χ2v) is 9.23. The van der Waals surface area contributed by atoms with Gasteiger partial charge in [-0.05, 0) is 18.2 Å². The van der Waals surface area contributed by atoms with Gasteiger partial charge in [0.05, 0.1) is 16.7 Å². The Balaban J connectivity index is 1.67. The van der Waals surface area contributed by atoms with Gasteiger partial charge in [0.2, 0.25) is 5.91 Å². The summed E-state index contributed by atoms with van der Waals surface area (Å²) < 4.78 is 36.6. The lowest BCUT2D eigenvalue weighted by Crippen LogP contribution is -2.43. The summed E-state index contributed by atoms with van der Waals surface area (Å²) in [6.07, 6.45) is 2.77. The van der Waals surface area contributed by atoms with Crippen molar-refractivity contribution in [3.8, 4) is 0 Å². The summed E-state index contributed by atoms with van der Waals surface area (Å²) in [5.74, 6) is -1.69. The van der Waals surface area contributed by atoms with Gasteiger partial charge >= 0.3 is 0 Å². The van der Waals surface area contributed by atoms with Crippen LogP contribution in [-0.4, -0.2) is 47.8 Å². The average molecular weight is 412 g/mol. The molecule has 2 heterocycles. The van der Waals surface area contributed by atoms with Crippen molar-refractivity contribution in [1.82, 2.24) is 10.2 Å². The topological polar surface area (TPSA) is 83.6 Å². The zero-order valence-corrected chi connectivity index (χ0v) is 15.7. The number of thioether (sulfide) groups is 1. The molecule has 1 aromatic rings. The van der Waals surface area contributed by atoms with Crippen LogP contribution in [-0.2, 0) is 19.4 Å². The highest BCUT2D eigenvalue weighted by Gasteiger charge is 2.34. The van der Waals surface area contributed by atoms with Crippen molar-refractivity contribution in [2.75, 3.05) is 12.3 Å². The number of halogens is 1. The first kappa shape index (κ1) is 18.7. The Labute approximate surface area is 159 Å². The number of amides is 2. The Bertz CT molecular complexity index is 956. The standard InChI is InChI=1S/C16H13FN2O4S3/c17-12-4-2-1-3-10(12)7-13-15(21)19(16(24)25-13)8-14(20)18-11-5-6-26(22,23)9-11/h1-7,11H,8-9H2,(H,18,20)/b13-7+. The van der Waals surface area contributed by atoms with Crippen LogP contribution in [0.25, 0.3) is 6.08 Å². The number of thiocarbonyl (C=S) groups is 1. The molecule has 0 radical (unpaired) electrons. The summed E-state index contributed by atoms with van der Waals surface area (Å²) in [6.45, 7) is -0.330. The predicted octanol–water partition coefficient (Wildman–Crippen LogP) is 1.45. The Morgan fingerprint density at radius 3 is 2.81 bits per heavy atom. The van der Waals surface area contributed by atoms with Crippen molar-refractivity contribution < 1.29 is 22.4 Å². The Morgan fingerprint density at radius 1 is 1.42 bits per heavy atom. The summed E-state index contributed by atoms with van der Waals surface area (Å²) in [4.78, 5) is 25.9. The Morgan fingerprint density at radius 2 is 2.15 bits per heavy atom. The van der Waals surface area contributed by atoms with Crippen molar-refractivity contribution in [2.45, 2.75) is 6.04 Å². The molecule has 0 aromatic heterocycles. The SMILES string of the molecule is O=C(CN1C(=O)/C(=C\c2ccccc2F)SC1=S)NC1C=CS(=O)(=O)C1. The second kappa shape index (κ2) is 7.29. The third kappa shape index (κ3) is 4.19. The fourth-order valence-electron chi connectivity index (χ4n) is 2.43. The van der Waals surface area contributed by atoms with E-state index in [9.17, 15) is 22.4 Å². The highest BCUT2D eigenvalue weighted by molar-refractivity contribution is 8.26.